The van der Waals surface area contributed by atoms with E-state index in [0.29, 0.717) is 70.1 Å². The molecular weight excluding hydrogens is 1680 g/mol. The van der Waals surface area contributed by atoms with E-state index in [1.54, 1.807) is 27.4 Å². The van der Waals surface area contributed by atoms with Crippen LogP contribution >= 0.6 is 39.1 Å². The molecule has 6 aromatic carbocycles. The number of hydrogen-bond donors (Lipinski definition) is 6. The highest BCUT2D eigenvalue weighted by atomic mass is 79.9. The molecule has 30 nitrogen and oxygen atoms in total. The van der Waals surface area contributed by atoms with E-state index in [4.69, 9.17) is 64.1 Å². The summed E-state index contributed by atoms with van der Waals surface area (Å²) in [6.07, 6.45) is 1.41. The maximum absolute atomic E-state index is 14.0. The van der Waals surface area contributed by atoms with Gasteiger partial charge in [0.1, 0.15) is 34.6 Å². The van der Waals surface area contributed by atoms with Crippen molar-refractivity contribution in [3.63, 3.8) is 0 Å². The predicted octanol–water partition coefficient (Wildman–Crippen LogP) is 14.0. The summed E-state index contributed by atoms with van der Waals surface area (Å²) in [5, 5.41) is 41.5. The van der Waals surface area contributed by atoms with Crippen molar-refractivity contribution < 1.29 is 56.4 Å². The monoisotopic (exact) mass is 1820 g/mol. The summed E-state index contributed by atoms with van der Waals surface area (Å²) in [4.78, 5) is 60.9. The van der Waals surface area contributed by atoms with E-state index >= 15 is 0 Å². The van der Waals surface area contributed by atoms with Gasteiger partial charge in [-0.2, -0.15) is 4.39 Å². The SMILES string of the molecule is CC(C)N1CCNCC1.CC(C)N1CCNCC1.CC(C)N1CCNCC1.CCc1cc(N2CCN(C(C)C)CC2)ccc1N.COc1cc(N2CCN(C(C)C)CC2)c(F)cc1N.COc1cc(N2CCN(C(C)C)CC2)c(OC)cc1N.COc1cc([N+](=O)[O-])c(OC)cc1Cl.O=Cc1cc(Cl)ccc1[N+](=O)[O-].O=[N+]([O-])c1cc(F)c(Br)cc1F. The number of hydrogen-bond acceptors (Lipinski definition) is 27. The first-order chi connectivity index (χ1) is 57.9. The molecule has 9 N–H and O–H groups in total. The second kappa shape index (κ2) is 55.0. The fourth-order valence-corrected chi connectivity index (χ4v) is 14.4. The zero-order valence-corrected chi connectivity index (χ0v) is 77.7. The standard InChI is InChI=1S/C15H25N3O2.C15H25N3.C14H22FN3O.C8H8ClNO4.C7H4ClNO3.3C7H16N2.C6H2BrF2NO2/c1-11(2)17-5-7-18(8-6-17)13-10-14(19-3)12(16)9-15(13)20-4;1-4-13-11-14(5-6-15(13)16)18-9-7-17(8-10-18)12(2)3;1-10(2)17-4-6-18(7-5-17)13-9-14(19-3)12(16)8-11(13)15;1-13-7-4-6(10(11)12)8(14-2)3-5(7)9;8-6-1-2-7(9(11)12)5(3-6)4-10;3*1-7(2)9-5-3-8-4-6-9;7-3-1-5(9)6(10(11)12)2-4(3)8/h9-11H,5-8,16H2,1-4H3;5-6,11-12H,4,7-10,16H2,1-3H3;8-10H,4-7,16H2,1-3H3;3-4H,1-2H3;1-4H;3*7-8H,3-6H2,1-2H3;1-2H. The number of carbonyl (C=O) groups excluding carboxylic acids is 1. The number of ether oxygens (including phenoxy) is 5. The molecule has 6 heterocycles. The molecule has 36 heteroatoms. The lowest BCUT2D eigenvalue weighted by Gasteiger charge is -2.38. The summed E-state index contributed by atoms with van der Waals surface area (Å²) >= 11 is 14.0. The summed E-state index contributed by atoms with van der Waals surface area (Å²) in [5.74, 6) is 0.198. The minimum Gasteiger partial charge on any atom is -0.495 e. The van der Waals surface area contributed by atoms with Crippen LogP contribution in [0.25, 0.3) is 0 Å². The second-order valence-electron chi connectivity index (χ2n) is 31.0. The first-order valence-corrected chi connectivity index (χ1v) is 43.0. The molecule has 6 saturated heterocycles. The molecule has 0 aromatic heterocycles. The Morgan fingerprint density at radius 1 is 0.410 bits per heavy atom. The first kappa shape index (κ1) is 106. The Kier molecular flexibility index (Phi) is 47.7. The Hall–Kier alpha value is -8.52. The maximum atomic E-state index is 14.0. The van der Waals surface area contributed by atoms with Crippen LogP contribution in [-0.2, 0) is 6.42 Å². The van der Waals surface area contributed by atoms with E-state index in [1.807, 2.05) is 18.2 Å². The molecule has 0 bridgehead atoms. The molecule has 682 valence electrons. The van der Waals surface area contributed by atoms with Crippen molar-refractivity contribution in [1.82, 2.24) is 45.3 Å². The van der Waals surface area contributed by atoms with Gasteiger partial charge in [0.25, 0.3) is 5.69 Å². The van der Waals surface area contributed by atoms with Gasteiger partial charge in [-0.15, -0.1) is 0 Å². The maximum Gasteiger partial charge on any atom is 0.314 e. The summed E-state index contributed by atoms with van der Waals surface area (Å²) < 4.78 is 64.7. The molecular formula is C86H134BrCl2F3N18O12. The van der Waals surface area contributed by atoms with Crippen LogP contribution in [-0.4, -0.2) is 279 Å². The minimum absolute atomic E-state index is 0.00694. The molecule has 0 saturated carbocycles. The highest BCUT2D eigenvalue weighted by Gasteiger charge is 2.27. The number of halogens is 6. The summed E-state index contributed by atoms with van der Waals surface area (Å²) in [6, 6.07) is 24.9. The topological polar surface area (TPSA) is 336 Å². The van der Waals surface area contributed by atoms with Crippen molar-refractivity contribution in [1.29, 1.82) is 0 Å². The molecule has 0 unspecified atom stereocenters. The normalized spacial score (nSPS) is 16.0. The number of benzene rings is 6. The van der Waals surface area contributed by atoms with Gasteiger partial charge < -0.3 is 71.5 Å². The quantitative estimate of drug-likeness (QED) is 0.0144. The van der Waals surface area contributed by atoms with Gasteiger partial charge in [0, 0.05) is 246 Å². The van der Waals surface area contributed by atoms with Crippen LogP contribution in [0.3, 0.4) is 0 Å². The molecule has 6 aromatic rings. The van der Waals surface area contributed by atoms with Gasteiger partial charge in [0.15, 0.2) is 12.0 Å². The fraction of sp³-hybridized carbons (Fsp3) is 0.570. The minimum atomic E-state index is -1.06. The Labute approximate surface area is 738 Å². The average Bonchev–Trinajstić information content (AvgIpc) is 0.759. The predicted molar refractivity (Wildman–Crippen MR) is 492 cm³/mol. The molecule has 122 heavy (non-hydrogen) atoms. The van der Waals surface area contributed by atoms with Crippen LogP contribution in [0.5, 0.6) is 28.7 Å². The van der Waals surface area contributed by atoms with E-state index < -0.39 is 32.1 Å². The number of nitro benzene ring substituents is 3. The third-order valence-electron chi connectivity index (χ3n) is 21.3. The van der Waals surface area contributed by atoms with Crippen molar-refractivity contribution >= 4 is 96.6 Å². The third kappa shape index (κ3) is 34.9. The lowest BCUT2D eigenvalue weighted by Crippen LogP contribution is -2.49. The number of methoxy groups -OCH3 is 5. The van der Waals surface area contributed by atoms with Gasteiger partial charge in [-0.25, -0.2) is 8.78 Å². The summed E-state index contributed by atoms with van der Waals surface area (Å²) in [5.41, 5.74) is 22.4. The fourth-order valence-electron chi connectivity index (χ4n) is 13.7. The highest BCUT2D eigenvalue weighted by Crippen LogP contribution is 2.39. The van der Waals surface area contributed by atoms with Gasteiger partial charge in [0.05, 0.1) is 100 Å². The van der Waals surface area contributed by atoms with Crippen LogP contribution in [0.2, 0.25) is 10.0 Å². The lowest BCUT2D eigenvalue weighted by atomic mass is 10.1. The second-order valence-corrected chi connectivity index (χ2v) is 32.7. The number of nitrogens with one attached hydrogen (secondary N) is 3. The van der Waals surface area contributed by atoms with Gasteiger partial charge in [-0.3, -0.25) is 64.5 Å². The molecule has 0 aliphatic carbocycles. The zero-order valence-electron chi connectivity index (χ0n) is 74.6. The number of aryl methyl sites for hydroxylation is 1. The lowest BCUT2D eigenvalue weighted by molar-refractivity contribution is -0.387. The molecule has 12 rings (SSSR count). The van der Waals surface area contributed by atoms with Gasteiger partial charge in [-0.05, 0) is 147 Å². The largest absolute Gasteiger partial charge is 0.495 e. The van der Waals surface area contributed by atoms with Gasteiger partial charge >= 0.3 is 11.4 Å². The van der Waals surface area contributed by atoms with E-state index in [1.165, 1.54) is 101 Å². The smallest absolute Gasteiger partial charge is 0.314 e. The number of anilines is 6. The molecule has 6 fully saturated rings. The number of nitro groups is 3. The number of carbonyl (C=O) groups is 1. The highest BCUT2D eigenvalue weighted by molar-refractivity contribution is 9.10. The molecule has 0 spiro atoms. The van der Waals surface area contributed by atoms with E-state index in [2.05, 4.69) is 178 Å². The Bertz CT molecular complexity index is 4100. The van der Waals surface area contributed by atoms with Gasteiger partial charge in [0.2, 0.25) is 5.82 Å². The van der Waals surface area contributed by atoms with Crippen molar-refractivity contribution in [3.8, 4) is 28.7 Å². The number of nitrogens with zero attached hydrogens (tertiary/aromatic N) is 12. The first-order valence-electron chi connectivity index (χ1n) is 41.5. The van der Waals surface area contributed by atoms with Crippen LogP contribution in [0.4, 0.5) is 64.4 Å². The number of rotatable bonds is 19. The van der Waals surface area contributed by atoms with Crippen LogP contribution in [0.15, 0.2) is 89.4 Å². The number of nitrogens with two attached hydrogens (primary N) is 3. The molecule has 6 aliphatic rings. The number of aldehydes is 1. The van der Waals surface area contributed by atoms with Crippen molar-refractivity contribution in [2.45, 2.75) is 133 Å². The van der Waals surface area contributed by atoms with E-state index in [9.17, 15) is 48.3 Å². The molecule has 0 radical (unpaired) electrons. The van der Waals surface area contributed by atoms with Crippen LogP contribution in [0.1, 0.15) is 106 Å². The van der Waals surface area contributed by atoms with Crippen molar-refractivity contribution in [2.75, 3.05) is 225 Å². The summed E-state index contributed by atoms with van der Waals surface area (Å²) in [7, 11) is 7.58. The van der Waals surface area contributed by atoms with Crippen molar-refractivity contribution in [2.24, 2.45) is 0 Å². The van der Waals surface area contributed by atoms with Crippen LogP contribution < -0.4 is 71.5 Å². The molecule has 6 aliphatic heterocycles. The van der Waals surface area contributed by atoms with Crippen molar-refractivity contribution in [3.05, 3.63) is 158 Å². The van der Waals surface area contributed by atoms with E-state index in [-0.39, 0.29) is 43.7 Å². The Balaban J connectivity index is 0.000000292. The zero-order chi connectivity index (χ0) is 91.0. The number of nitrogen functional groups attached to an aromatic ring is 3. The Morgan fingerprint density at radius 2 is 0.787 bits per heavy atom. The Morgan fingerprint density at radius 3 is 1.16 bits per heavy atom. The average molecular weight is 1820 g/mol. The summed E-state index contributed by atoms with van der Waals surface area (Å²) in [6.45, 7) is 55.6. The molecule has 0 amide bonds. The molecule has 0 atom stereocenters. The van der Waals surface area contributed by atoms with E-state index in [0.717, 1.165) is 159 Å². The third-order valence-corrected chi connectivity index (χ3v) is 22.5. The van der Waals surface area contributed by atoms with Crippen LogP contribution in [0, 0.1) is 47.8 Å². The van der Waals surface area contributed by atoms with Gasteiger partial charge in [-0.1, -0.05) is 30.1 Å². The number of piperazine rings is 6.